The summed E-state index contributed by atoms with van der Waals surface area (Å²) >= 11 is 8.34. The van der Waals surface area contributed by atoms with Crippen LogP contribution in [-0.4, -0.2) is 27.2 Å². The molecule has 0 saturated heterocycles. The normalized spacial score (nSPS) is 14.1. The molecule has 0 aliphatic carbocycles. The zero-order valence-corrected chi connectivity index (χ0v) is 12.9. The van der Waals surface area contributed by atoms with Crippen LogP contribution in [0.1, 0.15) is 12.5 Å². The lowest BCUT2D eigenvalue weighted by molar-refractivity contribution is 0.679. The molecule has 3 nitrogen and oxygen atoms in total. The molecule has 1 aromatic carbocycles. The van der Waals surface area contributed by atoms with Gasteiger partial charge in [-0.25, -0.2) is 0 Å². The van der Waals surface area contributed by atoms with Gasteiger partial charge in [0, 0.05) is 44.6 Å². The Hall–Kier alpha value is -0.460. The molecule has 2 unspecified atom stereocenters. The Morgan fingerprint density at radius 2 is 2.29 bits per heavy atom. The predicted octanol–water partition coefficient (Wildman–Crippen LogP) is 2.26. The summed E-state index contributed by atoms with van der Waals surface area (Å²) in [6.45, 7) is 2.61. The first-order valence-corrected chi connectivity index (χ1v) is 7.89. The van der Waals surface area contributed by atoms with E-state index >= 15 is 0 Å². The van der Waals surface area contributed by atoms with Crippen molar-refractivity contribution in [2.45, 2.75) is 12.2 Å². The van der Waals surface area contributed by atoms with Crippen LogP contribution in [0.2, 0.25) is 0 Å². The van der Waals surface area contributed by atoms with Gasteiger partial charge in [0.15, 0.2) is 0 Å². The van der Waals surface area contributed by atoms with E-state index in [0.29, 0.717) is 11.5 Å². The molecule has 1 rings (SSSR count). The summed E-state index contributed by atoms with van der Waals surface area (Å²) in [4.78, 5) is 0.367. The number of benzene rings is 1. The quantitative estimate of drug-likeness (QED) is 0.811. The molecule has 0 amide bonds. The Morgan fingerprint density at radius 3 is 2.76 bits per heavy atom. The first-order chi connectivity index (χ1) is 7.91. The Kier molecular flexibility index (Phi) is 5.55. The first kappa shape index (κ1) is 14.6. The molecular weight excluding hydrogens is 320 g/mol. The highest BCUT2D eigenvalue weighted by molar-refractivity contribution is 9.10. The smallest absolute Gasteiger partial charge is 0.105 e. The van der Waals surface area contributed by atoms with Gasteiger partial charge in [0.05, 0.1) is 0 Å². The van der Waals surface area contributed by atoms with Crippen molar-refractivity contribution in [2.75, 3.05) is 18.1 Å². The fourth-order valence-electron chi connectivity index (χ4n) is 1.20. The summed E-state index contributed by atoms with van der Waals surface area (Å²) in [5.74, 6) is 0. The fourth-order valence-corrected chi connectivity index (χ4v) is 2.42. The van der Waals surface area contributed by atoms with Crippen molar-refractivity contribution in [1.82, 2.24) is 0 Å². The maximum absolute atomic E-state index is 11.2. The van der Waals surface area contributed by atoms with Crippen LogP contribution < -0.4 is 11.1 Å². The summed E-state index contributed by atoms with van der Waals surface area (Å²) in [7, 11) is -0.816. The summed E-state index contributed by atoms with van der Waals surface area (Å²) in [6.07, 6.45) is 1.71. The van der Waals surface area contributed by atoms with Crippen molar-refractivity contribution in [1.29, 1.82) is 0 Å². The van der Waals surface area contributed by atoms with Gasteiger partial charge in [0.1, 0.15) is 4.99 Å². The van der Waals surface area contributed by atoms with E-state index in [-0.39, 0.29) is 5.25 Å². The number of hydrogen-bond donors (Lipinski definition) is 2. The van der Waals surface area contributed by atoms with Gasteiger partial charge in [-0.05, 0) is 41.1 Å². The third kappa shape index (κ3) is 4.37. The largest absolute Gasteiger partial charge is 0.389 e. The number of rotatable bonds is 5. The van der Waals surface area contributed by atoms with Crippen LogP contribution in [0.3, 0.4) is 0 Å². The Morgan fingerprint density at radius 1 is 1.65 bits per heavy atom. The average molecular weight is 335 g/mol. The van der Waals surface area contributed by atoms with Crippen molar-refractivity contribution in [3.63, 3.8) is 0 Å². The molecule has 0 radical (unpaired) electrons. The molecule has 0 heterocycles. The maximum Gasteiger partial charge on any atom is 0.105 e. The minimum Gasteiger partial charge on any atom is -0.389 e. The van der Waals surface area contributed by atoms with Crippen LogP contribution in [0.5, 0.6) is 0 Å². The van der Waals surface area contributed by atoms with Crippen molar-refractivity contribution in [3.05, 3.63) is 28.2 Å². The molecule has 0 spiro atoms. The van der Waals surface area contributed by atoms with Gasteiger partial charge in [0.2, 0.25) is 0 Å². The Labute approximate surface area is 118 Å². The van der Waals surface area contributed by atoms with E-state index in [0.717, 1.165) is 15.7 Å². The second-order valence-corrected chi connectivity index (χ2v) is 6.85. The van der Waals surface area contributed by atoms with Crippen LogP contribution in [0.25, 0.3) is 0 Å². The van der Waals surface area contributed by atoms with Crippen LogP contribution in [0.4, 0.5) is 5.69 Å². The summed E-state index contributed by atoms with van der Waals surface area (Å²) in [6, 6.07) is 5.69. The van der Waals surface area contributed by atoms with Gasteiger partial charge in [-0.15, -0.1) is 0 Å². The molecule has 2 atom stereocenters. The molecule has 0 bridgehead atoms. The lowest BCUT2D eigenvalue weighted by atomic mass is 10.2. The molecule has 0 aromatic heterocycles. The number of nitrogens with two attached hydrogens (primary N) is 1. The second kappa shape index (κ2) is 6.47. The van der Waals surface area contributed by atoms with Gasteiger partial charge in [-0.2, -0.15) is 0 Å². The molecule has 6 heteroatoms. The first-order valence-electron chi connectivity index (χ1n) is 5.07. The molecule has 0 fully saturated rings. The van der Waals surface area contributed by atoms with E-state index in [9.17, 15) is 4.21 Å². The lowest BCUT2D eigenvalue weighted by Crippen LogP contribution is -2.20. The number of halogens is 1. The molecule has 1 aromatic rings. The molecule has 17 heavy (non-hydrogen) atoms. The molecule has 0 aliphatic heterocycles. The van der Waals surface area contributed by atoms with Crippen molar-refractivity contribution in [2.24, 2.45) is 5.73 Å². The SMILES string of the molecule is CC(CNc1ccc(C(N)=S)c(Br)c1)S(C)=O. The van der Waals surface area contributed by atoms with Crippen molar-refractivity contribution >= 4 is 49.6 Å². The summed E-state index contributed by atoms with van der Waals surface area (Å²) in [5.41, 5.74) is 7.34. The number of anilines is 1. The summed E-state index contributed by atoms with van der Waals surface area (Å²) < 4.78 is 12.1. The number of nitrogens with one attached hydrogen (secondary N) is 1. The third-order valence-corrected chi connectivity index (χ3v) is 4.57. The Bertz CT molecular complexity index is 451. The number of thiocarbonyl (C=S) groups is 1. The molecule has 0 saturated carbocycles. The highest BCUT2D eigenvalue weighted by Gasteiger charge is 2.07. The minimum absolute atomic E-state index is 0.115. The minimum atomic E-state index is -0.816. The monoisotopic (exact) mass is 334 g/mol. The highest BCUT2D eigenvalue weighted by atomic mass is 79.9. The van der Waals surface area contributed by atoms with Crippen LogP contribution in [-0.2, 0) is 10.8 Å². The van der Waals surface area contributed by atoms with Gasteiger partial charge in [0.25, 0.3) is 0 Å². The third-order valence-electron chi connectivity index (χ3n) is 2.39. The highest BCUT2D eigenvalue weighted by Crippen LogP contribution is 2.21. The van der Waals surface area contributed by atoms with Crippen LogP contribution >= 0.6 is 28.1 Å². The van der Waals surface area contributed by atoms with E-state index in [1.165, 1.54) is 0 Å². The van der Waals surface area contributed by atoms with E-state index in [4.69, 9.17) is 18.0 Å². The molecule has 3 N–H and O–H groups in total. The maximum atomic E-state index is 11.2. The number of hydrogen-bond acceptors (Lipinski definition) is 3. The molecule has 0 aliphatic rings. The zero-order valence-electron chi connectivity index (χ0n) is 9.70. The van der Waals surface area contributed by atoms with E-state index in [1.807, 2.05) is 25.1 Å². The average Bonchev–Trinajstić information content (AvgIpc) is 2.25. The van der Waals surface area contributed by atoms with E-state index in [1.54, 1.807) is 6.26 Å². The molecule has 94 valence electrons. The van der Waals surface area contributed by atoms with E-state index in [2.05, 4.69) is 21.2 Å². The lowest BCUT2D eigenvalue weighted by Gasteiger charge is -2.12. The second-order valence-electron chi connectivity index (χ2n) is 3.75. The van der Waals surface area contributed by atoms with Gasteiger partial charge in [-0.3, -0.25) is 4.21 Å². The van der Waals surface area contributed by atoms with Crippen molar-refractivity contribution in [3.8, 4) is 0 Å². The van der Waals surface area contributed by atoms with Gasteiger partial charge >= 0.3 is 0 Å². The zero-order chi connectivity index (χ0) is 13.0. The predicted molar refractivity (Wildman–Crippen MR) is 82.0 cm³/mol. The molecular formula is C11H15BrN2OS2. The topological polar surface area (TPSA) is 55.1 Å². The summed E-state index contributed by atoms with van der Waals surface area (Å²) in [5, 5.41) is 3.34. The Balaban J connectivity index is 2.71. The standard InChI is InChI=1S/C11H15BrN2OS2/c1-7(17(2)15)6-14-8-3-4-9(11(13)16)10(12)5-8/h3-5,7,14H,6H2,1-2H3,(H2,13,16). The van der Waals surface area contributed by atoms with Gasteiger partial charge < -0.3 is 11.1 Å². The van der Waals surface area contributed by atoms with E-state index < -0.39 is 10.8 Å². The van der Waals surface area contributed by atoms with Crippen LogP contribution in [0, 0.1) is 0 Å². The van der Waals surface area contributed by atoms with Crippen molar-refractivity contribution < 1.29 is 4.21 Å². The van der Waals surface area contributed by atoms with Crippen LogP contribution in [0.15, 0.2) is 22.7 Å². The fraction of sp³-hybridized carbons (Fsp3) is 0.364. The van der Waals surface area contributed by atoms with Gasteiger partial charge in [-0.1, -0.05) is 12.2 Å².